The molecular formula is C19H27N6O5S+. The molecule has 1 atom stereocenters. The van der Waals surface area contributed by atoms with Gasteiger partial charge < -0.3 is 14.5 Å². The summed E-state index contributed by atoms with van der Waals surface area (Å²) in [5, 5.41) is 0.469. The first kappa shape index (κ1) is 22.9. The van der Waals surface area contributed by atoms with Crippen molar-refractivity contribution >= 4 is 52.4 Å². The molecule has 3 rings (SSSR count). The zero-order valence-electron chi connectivity index (χ0n) is 18.2. The maximum absolute atomic E-state index is 12.8. The number of hydrogen-bond donors (Lipinski definition) is 0. The summed E-state index contributed by atoms with van der Waals surface area (Å²) in [6, 6.07) is -0.447. The molecule has 1 unspecified atom stereocenters. The van der Waals surface area contributed by atoms with E-state index in [0.29, 0.717) is 55.9 Å². The first-order valence-corrected chi connectivity index (χ1v) is 11.2. The van der Waals surface area contributed by atoms with E-state index in [4.69, 9.17) is 4.74 Å². The summed E-state index contributed by atoms with van der Waals surface area (Å²) in [5.41, 5.74) is 0. The van der Waals surface area contributed by atoms with Crippen LogP contribution in [-0.4, -0.2) is 113 Å². The van der Waals surface area contributed by atoms with Gasteiger partial charge in [-0.2, -0.15) is 9.48 Å². The molecule has 0 spiro atoms. The normalized spacial score (nSPS) is 21.7. The first-order chi connectivity index (χ1) is 14.8. The minimum absolute atomic E-state index is 0.0978. The SMILES string of the molecule is CCOC(=O)N1CCN(C(=O)CSC2=NC(CC)=NC3=[N+](C)C(=O)N(C)C(=O)C23)CC1. The van der Waals surface area contributed by atoms with Gasteiger partial charge in [0.1, 0.15) is 5.04 Å². The predicted octanol–water partition coefficient (Wildman–Crippen LogP) is 0.490. The van der Waals surface area contributed by atoms with Gasteiger partial charge in [0.05, 0.1) is 26.5 Å². The number of fused-ring (bicyclic) bond motifs is 1. The number of imide groups is 1. The number of rotatable bonds is 4. The second-order valence-corrected chi connectivity index (χ2v) is 8.21. The molecule has 12 heteroatoms. The standard InChI is InChI=1S/C19H27N6O5S/c1-5-12-20-15-14(17(27)23(4)18(28)22(15)3)16(21-12)31-11-13(26)24-7-9-25(10-8-24)19(29)30-6-2/h14H,5-11H2,1-4H3/q+1. The number of amidine groups is 2. The van der Waals surface area contributed by atoms with E-state index in [9.17, 15) is 19.2 Å². The minimum atomic E-state index is -0.790. The molecule has 168 valence electrons. The predicted molar refractivity (Wildman–Crippen MR) is 116 cm³/mol. The van der Waals surface area contributed by atoms with Crippen LogP contribution in [-0.2, 0) is 14.3 Å². The smallest absolute Gasteiger partial charge is 0.445 e. The highest BCUT2D eigenvalue weighted by Crippen LogP contribution is 2.26. The molecule has 0 aliphatic carbocycles. The third-order valence-corrected chi connectivity index (χ3v) is 6.32. The van der Waals surface area contributed by atoms with E-state index in [1.165, 1.54) is 23.4 Å². The molecule has 0 saturated carbocycles. The van der Waals surface area contributed by atoms with E-state index >= 15 is 0 Å². The molecule has 0 aromatic heterocycles. The number of carbonyl (C=O) groups is 4. The molecule has 0 aromatic carbocycles. The molecule has 3 aliphatic heterocycles. The average molecular weight is 452 g/mol. The van der Waals surface area contributed by atoms with Crippen LogP contribution in [0.15, 0.2) is 9.98 Å². The summed E-state index contributed by atoms with van der Waals surface area (Å²) < 4.78 is 6.35. The lowest BCUT2D eigenvalue weighted by molar-refractivity contribution is -0.407. The summed E-state index contributed by atoms with van der Waals surface area (Å²) in [6.07, 6.45) is 0.171. The molecule has 0 radical (unpaired) electrons. The Morgan fingerprint density at radius 3 is 2.39 bits per heavy atom. The van der Waals surface area contributed by atoms with Crippen LogP contribution in [0, 0.1) is 5.92 Å². The van der Waals surface area contributed by atoms with E-state index < -0.39 is 17.9 Å². The van der Waals surface area contributed by atoms with Crippen LogP contribution in [0.3, 0.4) is 0 Å². The van der Waals surface area contributed by atoms with Gasteiger partial charge in [-0.1, -0.05) is 23.7 Å². The van der Waals surface area contributed by atoms with Gasteiger partial charge in [-0.25, -0.2) is 14.6 Å². The van der Waals surface area contributed by atoms with Crippen molar-refractivity contribution in [2.24, 2.45) is 15.9 Å². The Bertz CT molecular complexity index is 890. The molecule has 1 saturated heterocycles. The number of ether oxygens (including phenoxy) is 1. The van der Waals surface area contributed by atoms with Gasteiger partial charge in [0.25, 0.3) is 5.84 Å². The molecule has 0 N–H and O–H groups in total. The maximum Gasteiger partial charge on any atom is 0.445 e. The molecule has 11 nitrogen and oxygen atoms in total. The summed E-state index contributed by atoms with van der Waals surface area (Å²) in [5.74, 6) is -0.327. The van der Waals surface area contributed by atoms with Gasteiger partial charge in [-0.05, 0) is 6.92 Å². The number of hydrogen-bond acceptors (Lipinski definition) is 8. The van der Waals surface area contributed by atoms with E-state index in [-0.39, 0.29) is 17.8 Å². The lowest BCUT2D eigenvalue weighted by atomic mass is 10.0. The number of piperazine rings is 1. The van der Waals surface area contributed by atoms with Crippen molar-refractivity contribution in [3.63, 3.8) is 0 Å². The van der Waals surface area contributed by atoms with Gasteiger partial charge in [-0.15, -0.1) is 0 Å². The van der Waals surface area contributed by atoms with E-state index in [1.807, 2.05) is 6.92 Å². The highest BCUT2D eigenvalue weighted by molar-refractivity contribution is 8.14. The van der Waals surface area contributed by atoms with Crippen LogP contribution in [0.5, 0.6) is 0 Å². The monoisotopic (exact) mass is 451 g/mol. The zero-order chi connectivity index (χ0) is 22.7. The van der Waals surface area contributed by atoms with Crippen molar-refractivity contribution in [2.45, 2.75) is 20.3 Å². The van der Waals surface area contributed by atoms with Crippen LogP contribution in [0.25, 0.3) is 0 Å². The summed E-state index contributed by atoms with van der Waals surface area (Å²) >= 11 is 1.19. The molecule has 5 amide bonds. The molecule has 1 fully saturated rings. The minimum Gasteiger partial charge on any atom is -0.450 e. The number of nitrogens with zero attached hydrogens (tertiary/aromatic N) is 6. The molecule has 0 bridgehead atoms. The molecule has 3 heterocycles. The number of thioether (sulfide) groups is 1. The third kappa shape index (κ3) is 4.63. The second kappa shape index (κ2) is 9.58. The highest BCUT2D eigenvalue weighted by Gasteiger charge is 2.49. The van der Waals surface area contributed by atoms with Crippen LogP contribution < -0.4 is 0 Å². The van der Waals surface area contributed by atoms with Gasteiger partial charge in [0.2, 0.25) is 11.7 Å². The Hall–Kier alpha value is -2.76. The average Bonchev–Trinajstić information content (AvgIpc) is 2.79. The molecule has 31 heavy (non-hydrogen) atoms. The summed E-state index contributed by atoms with van der Waals surface area (Å²) in [4.78, 5) is 62.8. The number of carbonyl (C=O) groups excluding carboxylic acids is 4. The number of aliphatic imine (C=N–C) groups is 2. The van der Waals surface area contributed by atoms with Crippen LogP contribution in [0.4, 0.5) is 9.59 Å². The van der Waals surface area contributed by atoms with Gasteiger partial charge >= 0.3 is 18.0 Å². The van der Waals surface area contributed by atoms with Gasteiger partial charge in [-0.3, -0.25) is 9.59 Å². The number of urea groups is 1. The van der Waals surface area contributed by atoms with Crippen LogP contribution >= 0.6 is 11.8 Å². The highest BCUT2D eigenvalue weighted by atomic mass is 32.2. The largest absolute Gasteiger partial charge is 0.450 e. The van der Waals surface area contributed by atoms with Crippen molar-refractivity contribution in [2.75, 3.05) is 52.6 Å². The quantitative estimate of drug-likeness (QED) is 0.575. The van der Waals surface area contributed by atoms with Crippen molar-refractivity contribution in [3.8, 4) is 0 Å². The third-order valence-electron chi connectivity index (χ3n) is 5.30. The van der Waals surface area contributed by atoms with Crippen molar-refractivity contribution in [1.29, 1.82) is 0 Å². The fraction of sp³-hybridized carbons (Fsp3) is 0.632. The molecule has 3 aliphatic rings. The Kier molecular flexibility index (Phi) is 7.08. The lowest BCUT2D eigenvalue weighted by Gasteiger charge is -2.34. The summed E-state index contributed by atoms with van der Waals surface area (Å²) in [7, 11) is 3.00. The van der Waals surface area contributed by atoms with Crippen LogP contribution in [0.1, 0.15) is 20.3 Å². The second-order valence-electron chi connectivity index (χ2n) is 7.22. The maximum atomic E-state index is 12.8. The van der Waals surface area contributed by atoms with E-state index in [2.05, 4.69) is 9.98 Å². The Labute approximate surface area is 184 Å². The van der Waals surface area contributed by atoms with Gasteiger partial charge in [0.15, 0.2) is 5.92 Å². The van der Waals surface area contributed by atoms with E-state index in [1.54, 1.807) is 23.8 Å². The molecule has 0 aromatic rings. The zero-order valence-corrected chi connectivity index (χ0v) is 19.0. The number of amides is 5. The topological polar surface area (TPSA) is 115 Å². The van der Waals surface area contributed by atoms with Crippen LogP contribution in [0.2, 0.25) is 0 Å². The molecular weight excluding hydrogens is 424 g/mol. The summed E-state index contributed by atoms with van der Waals surface area (Å²) in [6.45, 7) is 5.63. The Balaban J connectivity index is 1.67. The first-order valence-electron chi connectivity index (χ1n) is 10.2. The van der Waals surface area contributed by atoms with Crippen molar-refractivity contribution in [1.82, 2.24) is 14.7 Å². The van der Waals surface area contributed by atoms with Crippen molar-refractivity contribution in [3.05, 3.63) is 0 Å². The van der Waals surface area contributed by atoms with E-state index in [0.717, 1.165) is 4.90 Å². The fourth-order valence-electron chi connectivity index (χ4n) is 3.47. The van der Waals surface area contributed by atoms with Crippen molar-refractivity contribution < 1.29 is 28.5 Å². The lowest BCUT2D eigenvalue weighted by Crippen LogP contribution is -2.55. The fourth-order valence-corrected chi connectivity index (χ4v) is 4.47. The Morgan fingerprint density at radius 1 is 1.13 bits per heavy atom. The van der Waals surface area contributed by atoms with Gasteiger partial charge in [0, 0.05) is 32.6 Å². The Morgan fingerprint density at radius 2 is 1.77 bits per heavy atom.